The summed E-state index contributed by atoms with van der Waals surface area (Å²) in [6.07, 6.45) is 13.5. The van der Waals surface area contributed by atoms with E-state index in [0.29, 0.717) is 12.2 Å². The highest BCUT2D eigenvalue weighted by Crippen LogP contribution is 2.36. The molecule has 1 saturated carbocycles. The molecule has 0 aromatic carbocycles. The highest BCUT2D eigenvalue weighted by atomic mass is 16.6. The standard InChI is InChI=1S/C15H26O2/c1-2-4-7-12(6-3-1)14-10-13(15-11-17-15)8-5-9-16-14/h12-15H,1-11H2. The Labute approximate surface area is 105 Å². The molecule has 3 rings (SSSR count). The molecule has 3 fully saturated rings. The Morgan fingerprint density at radius 1 is 0.647 bits per heavy atom. The second-order valence-electron chi connectivity index (χ2n) is 6.17. The third-order valence-electron chi connectivity index (χ3n) is 4.90. The molecule has 0 spiro atoms. The zero-order valence-electron chi connectivity index (χ0n) is 10.9. The Morgan fingerprint density at radius 3 is 2.06 bits per heavy atom. The molecule has 0 amide bonds. The summed E-state index contributed by atoms with van der Waals surface area (Å²) >= 11 is 0. The molecule has 2 nitrogen and oxygen atoms in total. The van der Waals surface area contributed by atoms with Gasteiger partial charge in [-0.15, -0.1) is 0 Å². The number of ether oxygens (including phenoxy) is 2. The molecule has 0 aromatic heterocycles. The van der Waals surface area contributed by atoms with Crippen molar-refractivity contribution in [2.75, 3.05) is 13.2 Å². The lowest BCUT2D eigenvalue weighted by Crippen LogP contribution is -2.26. The highest BCUT2D eigenvalue weighted by Gasteiger charge is 2.37. The van der Waals surface area contributed by atoms with E-state index in [1.54, 1.807) is 0 Å². The van der Waals surface area contributed by atoms with Crippen LogP contribution in [-0.2, 0) is 9.47 Å². The molecule has 3 unspecified atom stereocenters. The molecule has 3 atom stereocenters. The van der Waals surface area contributed by atoms with Crippen molar-refractivity contribution in [1.82, 2.24) is 0 Å². The van der Waals surface area contributed by atoms with Gasteiger partial charge in [0, 0.05) is 6.61 Å². The van der Waals surface area contributed by atoms with Gasteiger partial charge in [0.1, 0.15) is 0 Å². The molecule has 2 heterocycles. The van der Waals surface area contributed by atoms with Crippen LogP contribution in [0.4, 0.5) is 0 Å². The van der Waals surface area contributed by atoms with Crippen LogP contribution in [0.25, 0.3) is 0 Å². The fourth-order valence-electron chi connectivity index (χ4n) is 3.74. The van der Waals surface area contributed by atoms with Crippen molar-refractivity contribution in [3.05, 3.63) is 0 Å². The second kappa shape index (κ2) is 5.71. The molecule has 2 saturated heterocycles. The molecule has 0 bridgehead atoms. The largest absolute Gasteiger partial charge is 0.378 e. The van der Waals surface area contributed by atoms with E-state index in [1.165, 1.54) is 57.8 Å². The van der Waals surface area contributed by atoms with Gasteiger partial charge in [-0.1, -0.05) is 25.7 Å². The third kappa shape index (κ3) is 3.23. The van der Waals surface area contributed by atoms with E-state index in [1.807, 2.05) is 0 Å². The van der Waals surface area contributed by atoms with E-state index in [0.717, 1.165) is 25.0 Å². The average Bonchev–Trinajstić information content (AvgIpc) is 3.18. The second-order valence-corrected chi connectivity index (χ2v) is 6.17. The minimum Gasteiger partial charge on any atom is -0.378 e. The van der Waals surface area contributed by atoms with Crippen LogP contribution in [0.3, 0.4) is 0 Å². The molecular formula is C15H26O2. The Bertz CT molecular complexity index is 229. The molecule has 2 aliphatic heterocycles. The highest BCUT2D eigenvalue weighted by molar-refractivity contribution is 4.86. The third-order valence-corrected chi connectivity index (χ3v) is 4.90. The Kier molecular flexibility index (Phi) is 4.02. The van der Waals surface area contributed by atoms with Gasteiger partial charge in [0.25, 0.3) is 0 Å². The van der Waals surface area contributed by atoms with Crippen LogP contribution in [0.2, 0.25) is 0 Å². The number of epoxide rings is 1. The van der Waals surface area contributed by atoms with Crippen LogP contribution in [0.15, 0.2) is 0 Å². The summed E-state index contributed by atoms with van der Waals surface area (Å²) in [6, 6.07) is 0. The van der Waals surface area contributed by atoms with Crippen LogP contribution < -0.4 is 0 Å². The first kappa shape index (κ1) is 12.0. The Morgan fingerprint density at radius 2 is 1.35 bits per heavy atom. The van der Waals surface area contributed by atoms with Gasteiger partial charge in [0.2, 0.25) is 0 Å². The maximum absolute atomic E-state index is 6.15. The van der Waals surface area contributed by atoms with Gasteiger partial charge < -0.3 is 9.47 Å². The molecule has 0 radical (unpaired) electrons. The van der Waals surface area contributed by atoms with Crippen molar-refractivity contribution in [2.45, 2.75) is 70.0 Å². The molecule has 2 heteroatoms. The van der Waals surface area contributed by atoms with Gasteiger partial charge >= 0.3 is 0 Å². The smallest absolute Gasteiger partial charge is 0.0839 e. The van der Waals surface area contributed by atoms with Crippen molar-refractivity contribution >= 4 is 0 Å². The Balaban J connectivity index is 1.58. The fourth-order valence-corrected chi connectivity index (χ4v) is 3.74. The fraction of sp³-hybridized carbons (Fsp3) is 1.00. The van der Waals surface area contributed by atoms with Gasteiger partial charge in [0.15, 0.2) is 0 Å². The lowest BCUT2D eigenvalue weighted by atomic mass is 9.85. The van der Waals surface area contributed by atoms with Crippen LogP contribution in [0.1, 0.15) is 57.8 Å². The van der Waals surface area contributed by atoms with Crippen LogP contribution in [0.5, 0.6) is 0 Å². The molecule has 17 heavy (non-hydrogen) atoms. The first-order chi connectivity index (χ1) is 8.43. The normalized spacial score (nSPS) is 40.6. The molecule has 3 aliphatic rings. The maximum Gasteiger partial charge on any atom is 0.0839 e. The maximum atomic E-state index is 6.15. The summed E-state index contributed by atoms with van der Waals surface area (Å²) in [5, 5.41) is 0. The first-order valence-corrected chi connectivity index (χ1v) is 7.66. The van der Waals surface area contributed by atoms with Crippen molar-refractivity contribution < 1.29 is 9.47 Å². The van der Waals surface area contributed by atoms with Gasteiger partial charge in [-0.2, -0.15) is 0 Å². The van der Waals surface area contributed by atoms with Gasteiger partial charge in [-0.05, 0) is 43.9 Å². The molecular weight excluding hydrogens is 212 g/mol. The van der Waals surface area contributed by atoms with Gasteiger partial charge in [-0.3, -0.25) is 0 Å². The first-order valence-electron chi connectivity index (χ1n) is 7.66. The van der Waals surface area contributed by atoms with E-state index in [-0.39, 0.29) is 0 Å². The minimum absolute atomic E-state index is 0.546. The predicted octanol–water partition coefficient (Wildman–Crippen LogP) is 3.54. The van der Waals surface area contributed by atoms with E-state index in [9.17, 15) is 0 Å². The Hall–Kier alpha value is -0.0800. The monoisotopic (exact) mass is 238 g/mol. The molecule has 0 N–H and O–H groups in total. The van der Waals surface area contributed by atoms with Crippen LogP contribution >= 0.6 is 0 Å². The zero-order chi connectivity index (χ0) is 11.5. The molecule has 0 aromatic rings. The summed E-state index contributed by atoms with van der Waals surface area (Å²) in [4.78, 5) is 0. The summed E-state index contributed by atoms with van der Waals surface area (Å²) in [6.45, 7) is 2.01. The van der Waals surface area contributed by atoms with E-state index < -0.39 is 0 Å². The van der Waals surface area contributed by atoms with Crippen molar-refractivity contribution in [3.8, 4) is 0 Å². The van der Waals surface area contributed by atoms with Gasteiger partial charge in [-0.25, -0.2) is 0 Å². The van der Waals surface area contributed by atoms with E-state index >= 15 is 0 Å². The van der Waals surface area contributed by atoms with Crippen LogP contribution in [0, 0.1) is 11.8 Å². The van der Waals surface area contributed by atoms with E-state index in [4.69, 9.17) is 9.47 Å². The number of hydrogen-bond acceptors (Lipinski definition) is 2. The van der Waals surface area contributed by atoms with Crippen molar-refractivity contribution in [3.63, 3.8) is 0 Å². The summed E-state index contributed by atoms with van der Waals surface area (Å²) in [5.41, 5.74) is 0. The zero-order valence-corrected chi connectivity index (χ0v) is 10.9. The molecule has 1 aliphatic carbocycles. The summed E-state index contributed by atoms with van der Waals surface area (Å²) in [7, 11) is 0. The molecule has 98 valence electrons. The predicted molar refractivity (Wildman–Crippen MR) is 68.0 cm³/mol. The minimum atomic E-state index is 0.546. The lowest BCUT2D eigenvalue weighted by molar-refractivity contribution is 0.00561. The quantitative estimate of drug-likeness (QED) is 0.542. The van der Waals surface area contributed by atoms with Gasteiger partial charge in [0.05, 0.1) is 18.8 Å². The summed E-state index contributed by atoms with van der Waals surface area (Å²) < 4.78 is 11.7. The number of rotatable bonds is 2. The van der Waals surface area contributed by atoms with Crippen molar-refractivity contribution in [1.29, 1.82) is 0 Å². The van der Waals surface area contributed by atoms with Crippen molar-refractivity contribution in [2.24, 2.45) is 11.8 Å². The van der Waals surface area contributed by atoms with Crippen LogP contribution in [-0.4, -0.2) is 25.4 Å². The summed E-state index contributed by atoms with van der Waals surface area (Å²) in [5.74, 6) is 1.64. The average molecular weight is 238 g/mol. The number of hydrogen-bond donors (Lipinski definition) is 0. The lowest BCUT2D eigenvalue weighted by Gasteiger charge is -2.26. The van der Waals surface area contributed by atoms with E-state index in [2.05, 4.69) is 0 Å². The SMILES string of the molecule is C1CCCC(C2CC(C3CO3)CCCO2)CC1. The topological polar surface area (TPSA) is 21.8 Å².